The summed E-state index contributed by atoms with van der Waals surface area (Å²) >= 11 is 0. The van der Waals surface area contributed by atoms with Crippen molar-refractivity contribution in [2.75, 3.05) is 20.3 Å². The lowest BCUT2D eigenvalue weighted by Gasteiger charge is -2.34. The lowest BCUT2D eigenvalue weighted by atomic mass is 10.0. The topological polar surface area (TPSA) is 141 Å². The number of hydrogen-bond acceptors (Lipinski definition) is 11. The molecule has 0 rings (SSSR count). The zero-order chi connectivity index (χ0) is 22.6. The molecule has 0 saturated heterocycles. The molecule has 0 aromatic heterocycles. The van der Waals surface area contributed by atoms with Crippen LogP contribution in [0.3, 0.4) is 0 Å². The van der Waals surface area contributed by atoms with E-state index >= 15 is 0 Å². The molecular weight excluding hydrogens is 380 g/mol. The first-order valence-corrected chi connectivity index (χ1v) is 8.17. The van der Waals surface area contributed by atoms with Crippen LogP contribution in [0.4, 0.5) is 0 Å². The highest BCUT2D eigenvalue weighted by Gasteiger charge is 2.42. The number of carbonyl (C=O) groups excluding carboxylic acids is 5. The van der Waals surface area contributed by atoms with Crippen molar-refractivity contribution in [2.24, 2.45) is 0 Å². The maximum Gasteiger partial charge on any atom is 0.303 e. The summed E-state index contributed by atoms with van der Waals surface area (Å²) in [6.07, 6.45) is -5.52. The number of methoxy groups -OCH3 is 1. The molecule has 0 fully saturated rings. The van der Waals surface area contributed by atoms with Crippen LogP contribution < -0.4 is 0 Å². The lowest BCUT2D eigenvalue weighted by Crippen LogP contribution is -2.53. The van der Waals surface area contributed by atoms with E-state index in [1.54, 1.807) is 0 Å². The number of esters is 5. The van der Waals surface area contributed by atoms with E-state index in [9.17, 15) is 24.0 Å². The number of carbonyl (C=O) groups is 5. The summed E-state index contributed by atoms with van der Waals surface area (Å²) in [6, 6.07) is 0. The van der Waals surface area contributed by atoms with Gasteiger partial charge in [-0.3, -0.25) is 24.0 Å². The van der Waals surface area contributed by atoms with Crippen molar-refractivity contribution in [3.8, 4) is 0 Å². The fraction of sp³-hybridized carbons (Fsp3) is 0.706. The second-order valence-corrected chi connectivity index (χ2v) is 5.61. The maximum atomic E-state index is 11.6. The predicted octanol–water partition coefficient (Wildman–Crippen LogP) is -0.0773. The van der Waals surface area contributed by atoms with Gasteiger partial charge in [0.1, 0.15) is 19.3 Å². The summed E-state index contributed by atoms with van der Waals surface area (Å²) in [5.41, 5.74) is 0. The molecular formula is C17H26O11. The van der Waals surface area contributed by atoms with E-state index < -0.39 is 74.6 Å². The third kappa shape index (κ3) is 10.5. The van der Waals surface area contributed by atoms with Crippen LogP contribution in [0.2, 0.25) is 0 Å². The van der Waals surface area contributed by atoms with Crippen molar-refractivity contribution in [3.63, 3.8) is 0 Å². The van der Waals surface area contributed by atoms with E-state index in [0.29, 0.717) is 0 Å². The van der Waals surface area contributed by atoms with E-state index in [1.807, 2.05) is 0 Å². The summed E-state index contributed by atoms with van der Waals surface area (Å²) in [5.74, 6) is -3.76. The van der Waals surface area contributed by atoms with Crippen molar-refractivity contribution in [1.29, 1.82) is 0 Å². The summed E-state index contributed by atoms with van der Waals surface area (Å²) in [6.45, 7) is 4.47. The van der Waals surface area contributed by atoms with Gasteiger partial charge in [-0.25, -0.2) is 0 Å². The smallest absolute Gasteiger partial charge is 0.303 e. The van der Waals surface area contributed by atoms with E-state index in [2.05, 4.69) is 0 Å². The maximum absolute atomic E-state index is 11.6. The van der Waals surface area contributed by atoms with Crippen molar-refractivity contribution in [2.45, 2.75) is 59.0 Å². The normalized spacial score (nSPS) is 15.1. The van der Waals surface area contributed by atoms with E-state index in [-0.39, 0.29) is 0 Å². The molecule has 11 heteroatoms. The predicted molar refractivity (Wildman–Crippen MR) is 90.7 cm³/mol. The quantitative estimate of drug-likeness (QED) is 0.335. The van der Waals surface area contributed by atoms with Crippen molar-refractivity contribution < 1.29 is 53.8 Å². The molecule has 28 heavy (non-hydrogen) atoms. The van der Waals surface area contributed by atoms with E-state index in [4.69, 9.17) is 29.8 Å². The van der Waals surface area contributed by atoms with Gasteiger partial charge in [-0.2, -0.15) is 0 Å². The first-order valence-electron chi connectivity index (χ1n) is 8.87. The Balaban J connectivity index is 6.00. The lowest BCUT2D eigenvalue weighted by molar-refractivity contribution is -0.201. The Labute approximate surface area is 163 Å². The Hall–Kier alpha value is -2.69. The molecule has 4 atom stereocenters. The van der Waals surface area contributed by atoms with Gasteiger partial charge in [-0.05, 0) is 0 Å². The van der Waals surface area contributed by atoms with Crippen LogP contribution in [0.25, 0.3) is 0 Å². The van der Waals surface area contributed by atoms with Crippen LogP contribution in [-0.2, 0) is 52.4 Å². The van der Waals surface area contributed by atoms with E-state index in [0.717, 1.165) is 34.6 Å². The van der Waals surface area contributed by atoms with Crippen molar-refractivity contribution in [1.82, 2.24) is 0 Å². The molecule has 0 aromatic carbocycles. The van der Waals surface area contributed by atoms with Gasteiger partial charge in [0.05, 0.1) is 1.37 Å². The molecule has 0 aliphatic carbocycles. The molecule has 0 heterocycles. The summed E-state index contributed by atoms with van der Waals surface area (Å²) in [7, 11) is -0.666. The minimum Gasteiger partial charge on any atom is -0.462 e. The zero-order valence-corrected chi connectivity index (χ0v) is 16.4. The highest BCUT2D eigenvalue weighted by molar-refractivity contribution is 5.68. The van der Waals surface area contributed by atoms with Crippen molar-refractivity contribution >= 4 is 29.8 Å². The molecule has 0 unspecified atom stereocenters. The molecule has 0 spiro atoms. The van der Waals surface area contributed by atoms with Gasteiger partial charge in [0.2, 0.25) is 0 Å². The Morgan fingerprint density at radius 2 is 1.04 bits per heavy atom. The largest absolute Gasteiger partial charge is 0.462 e. The first kappa shape index (κ1) is 23.3. The van der Waals surface area contributed by atoms with Crippen LogP contribution in [0.15, 0.2) is 0 Å². The second kappa shape index (κ2) is 12.7. The number of rotatable bonds is 11. The van der Waals surface area contributed by atoms with Gasteiger partial charge in [0.25, 0.3) is 0 Å². The summed E-state index contributed by atoms with van der Waals surface area (Å²) in [4.78, 5) is 57.0. The Morgan fingerprint density at radius 1 is 0.643 bits per heavy atom. The van der Waals surface area contributed by atoms with Crippen LogP contribution in [-0.4, -0.2) is 74.6 Å². The van der Waals surface area contributed by atoms with Gasteiger partial charge in [0.15, 0.2) is 18.3 Å². The molecule has 0 bridgehead atoms. The fourth-order valence-electron chi connectivity index (χ4n) is 2.18. The molecule has 0 amide bonds. The second-order valence-electron chi connectivity index (χ2n) is 5.61. The Kier molecular flexibility index (Phi) is 10.6. The van der Waals surface area contributed by atoms with Gasteiger partial charge >= 0.3 is 29.8 Å². The Morgan fingerprint density at radius 3 is 1.36 bits per heavy atom. The highest BCUT2D eigenvalue weighted by Crippen LogP contribution is 2.19. The molecule has 0 aliphatic heterocycles. The third-order valence-electron chi connectivity index (χ3n) is 3.09. The molecule has 0 saturated carbocycles. The minimum absolute atomic E-state index is 0.488. The van der Waals surface area contributed by atoms with Gasteiger partial charge in [-0.15, -0.1) is 0 Å². The minimum atomic E-state index is -1.46. The molecule has 160 valence electrons. The molecule has 0 N–H and O–H groups in total. The number of ether oxygens (including phenoxy) is 6. The molecule has 0 aromatic rings. The van der Waals surface area contributed by atoms with Gasteiger partial charge in [-0.1, -0.05) is 0 Å². The van der Waals surface area contributed by atoms with Gasteiger partial charge in [0, 0.05) is 41.7 Å². The molecule has 0 radical (unpaired) electrons. The highest BCUT2D eigenvalue weighted by atomic mass is 16.6. The summed E-state index contributed by atoms with van der Waals surface area (Å²) in [5, 5.41) is 0. The Bertz CT molecular complexity index is 592. The average Bonchev–Trinajstić information content (AvgIpc) is 2.57. The van der Waals surface area contributed by atoms with Crippen molar-refractivity contribution in [3.05, 3.63) is 0 Å². The molecule has 0 aliphatic rings. The van der Waals surface area contributed by atoms with Crippen LogP contribution >= 0.6 is 0 Å². The molecule has 11 nitrogen and oxygen atoms in total. The zero-order valence-electron chi connectivity index (χ0n) is 17.4. The van der Waals surface area contributed by atoms with E-state index in [1.165, 1.54) is 0 Å². The monoisotopic (exact) mass is 407 g/mol. The fourth-order valence-corrected chi connectivity index (χ4v) is 2.18. The van der Waals surface area contributed by atoms with Crippen LogP contribution in [0.1, 0.15) is 36.0 Å². The third-order valence-corrected chi connectivity index (χ3v) is 3.09. The summed E-state index contributed by atoms with van der Waals surface area (Å²) < 4.78 is 37.7. The standard InChI is InChI=1S/C17H26O11/c1-9(18)24-7-14(26-11(3)20)16(23-6)17(28-13(5)22)15(27-12(4)21)8-25-10(2)19/h14-17H,7-8H2,1-6H3/t14-,15+,16+,17+/m0/s1/i6D. The van der Waals surface area contributed by atoms with Crippen LogP contribution in [0.5, 0.6) is 0 Å². The van der Waals surface area contributed by atoms with Crippen LogP contribution in [0, 0.1) is 0 Å². The number of hydrogen-bond donors (Lipinski definition) is 0. The SMILES string of the molecule is [2H]CO[C@@H]([C@H](OC(C)=O)[C@@H](COC(C)=O)OC(C)=O)[C@H](COC(C)=O)OC(C)=O. The average molecular weight is 407 g/mol. The first-order chi connectivity index (χ1) is 13.5. The van der Waals surface area contributed by atoms with Gasteiger partial charge < -0.3 is 28.4 Å².